The zero-order valence-corrected chi connectivity index (χ0v) is 17.4. The number of fused-ring (bicyclic) bond motifs is 1. The highest BCUT2D eigenvalue weighted by molar-refractivity contribution is 5.86. The number of aliphatic imine (C=N–C) groups is 1. The summed E-state index contributed by atoms with van der Waals surface area (Å²) in [6, 6.07) is 18.3. The fourth-order valence-electron chi connectivity index (χ4n) is 3.34. The van der Waals surface area contributed by atoms with Crippen LogP contribution in [0.5, 0.6) is 5.75 Å². The van der Waals surface area contributed by atoms with Crippen molar-refractivity contribution in [3.8, 4) is 22.9 Å². The number of hydrogen-bond acceptors (Lipinski definition) is 5. The third-order valence-electron chi connectivity index (χ3n) is 4.98. The average Bonchev–Trinajstić information content (AvgIpc) is 2.84. The summed E-state index contributed by atoms with van der Waals surface area (Å²) < 4.78 is 21.0. The quantitative estimate of drug-likeness (QED) is 0.475. The van der Waals surface area contributed by atoms with Crippen molar-refractivity contribution < 1.29 is 9.13 Å². The maximum atomic E-state index is 15.0. The van der Waals surface area contributed by atoms with Gasteiger partial charge in [-0.2, -0.15) is 5.26 Å². The van der Waals surface area contributed by atoms with Crippen molar-refractivity contribution in [2.45, 2.75) is 0 Å². The summed E-state index contributed by atoms with van der Waals surface area (Å²) in [5, 5.41) is 9.38. The smallest absolute Gasteiger partial charge is 0.333 e. The molecule has 0 bridgehead atoms. The number of benzene rings is 3. The SMILES string of the molecule is COc1ccc(C#N)c(-c2cc3[nH]c(=O)n(/C=C/N=C\c4ccccc4)c(=O)c3cc2F)c1. The number of halogens is 1. The minimum absolute atomic E-state index is 0.0195. The molecule has 0 aliphatic heterocycles. The van der Waals surface area contributed by atoms with Gasteiger partial charge in [-0.05, 0) is 35.9 Å². The number of aromatic nitrogens is 2. The van der Waals surface area contributed by atoms with Crippen LogP contribution in [0.1, 0.15) is 11.1 Å². The van der Waals surface area contributed by atoms with Crippen molar-refractivity contribution in [1.82, 2.24) is 9.55 Å². The van der Waals surface area contributed by atoms with Crippen molar-refractivity contribution in [3.05, 3.63) is 105 Å². The van der Waals surface area contributed by atoms with Gasteiger partial charge in [-0.25, -0.2) is 13.8 Å². The monoisotopic (exact) mass is 440 g/mol. The number of ether oxygens (including phenoxy) is 1. The Kier molecular flexibility index (Phi) is 5.96. The van der Waals surface area contributed by atoms with Crippen LogP contribution >= 0.6 is 0 Å². The third-order valence-corrected chi connectivity index (χ3v) is 4.98. The summed E-state index contributed by atoms with van der Waals surface area (Å²) in [4.78, 5) is 32.0. The van der Waals surface area contributed by atoms with E-state index in [-0.39, 0.29) is 27.6 Å². The molecular weight excluding hydrogens is 423 g/mol. The first-order valence-corrected chi connectivity index (χ1v) is 9.83. The molecule has 0 amide bonds. The highest BCUT2D eigenvalue weighted by Gasteiger charge is 2.15. The largest absolute Gasteiger partial charge is 0.497 e. The highest BCUT2D eigenvalue weighted by atomic mass is 19.1. The van der Waals surface area contributed by atoms with Crippen LogP contribution in [0.15, 0.2) is 81.4 Å². The second-order valence-electron chi connectivity index (χ2n) is 6.99. The van der Waals surface area contributed by atoms with Crippen LogP contribution < -0.4 is 16.0 Å². The number of methoxy groups -OCH3 is 1. The lowest BCUT2D eigenvalue weighted by molar-refractivity contribution is 0.415. The van der Waals surface area contributed by atoms with E-state index in [4.69, 9.17) is 4.74 Å². The Morgan fingerprint density at radius 3 is 2.61 bits per heavy atom. The number of hydrogen-bond donors (Lipinski definition) is 1. The first-order valence-electron chi connectivity index (χ1n) is 9.83. The molecule has 7 nitrogen and oxygen atoms in total. The van der Waals surface area contributed by atoms with E-state index in [1.165, 1.54) is 37.7 Å². The van der Waals surface area contributed by atoms with Gasteiger partial charge in [0, 0.05) is 29.7 Å². The standard InChI is InChI=1S/C25H17FN4O3/c1-33-18-8-7-17(14-27)19(11-18)20-13-23-21(12-22(20)26)24(31)30(25(32)29-23)10-9-28-15-16-5-3-2-4-6-16/h2-13,15H,1H3,(H,29,32)/b10-9+,28-15-. The van der Waals surface area contributed by atoms with Crippen LogP contribution in [0.3, 0.4) is 0 Å². The second kappa shape index (κ2) is 9.16. The molecule has 8 heteroatoms. The predicted molar refractivity (Wildman–Crippen MR) is 125 cm³/mol. The van der Waals surface area contributed by atoms with E-state index in [1.807, 2.05) is 36.4 Å². The van der Waals surface area contributed by atoms with E-state index in [2.05, 4.69) is 9.98 Å². The Labute approximate surface area is 187 Å². The minimum atomic E-state index is -0.714. The van der Waals surface area contributed by atoms with Gasteiger partial charge in [0.15, 0.2) is 0 Å². The predicted octanol–water partition coefficient (Wildman–Crippen LogP) is 3.92. The van der Waals surface area contributed by atoms with Crippen LogP contribution in [-0.4, -0.2) is 22.9 Å². The lowest BCUT2D eigenvalue weighted by Crippen LogP contribution is -2.31. The molecule has 4 rings (SSSR count). The van der Waals surface area contributed by atoms with Gasteiger partial charge in [0.2, 0.25) is 0 Å². The Morgan fingerprint density at radius 1 is 1.09 bits per heavy atom. The summed E-state index contributed by atoms with van der Waals surface area (Å²) in [7, 11) is 1.46. The van der Waals surface area contributed by atoms with E-state index in [0.717, 1.165) is 16.2 Å². The molecule has 4 aromatic rings. The van der Waals surface area contributed by atoms with E-state index in [1.54, 1.807) is 12.3 Å². The van der Waals surface area contributed by atoms with Crippen LogP contribution in [-0.2, 0) is 0 Å². The molecule has 0 unspecified atom stereocenters. The first kappa shape index (κ1) is 21.5. The van der Waals surface area contributed by atoms with Crippen molar-refractivity contribution in [2.24, 2.45) is 4.99 Å². The molecule has 0 saturated carbocycles. The Morgan fingerprint density at radius 2 is 1.88 bits per heavy atom. The average molecular weight is 440 g/mol. The molecule has 0 radical (unpaired) electrons. The molecule has 162 valence electrons. The molecule has 0 aliphatic rings. The number of nitrogens with one attached hydrogen (secondary N) is 1. The van der Waals surface area contributed by atoms with Crippen LogP contribution in [0.2, 0.25) is 0 Å². The summed E-state index contributed by atoms with van der Waals surface area (Å²) >= 11 is 0. The van der Waals surface area contributed by atoms with E-state index in [9.17, 15) is 14.9 Å². The molecule has 0 atom stereocenters. The van der Waals surface area contributed by atoms with Gasteiger partial charge in [-0.3, -0.25) is 9.79 Å². The van der Waals surface area contributed by atoms with Crippen LogP contribution in [0.4, 0.5) is 4.39 Å². The Balaban J connectivity index is 1.78. The van der Waals surface area contributed by atoms with Crippen molar-refractivity contribution in [3.63, 3.8) is 0 Å². The molecule has 33 heavy (non-hydrogen) atoms. The fraction of sp³-hybridized carbons (Fsp3) is 0.0400. The van der Waals surface area contributed by atoms with Gasteiger partial charge in [-0.15, -0.1) is 0 Å². The lowest BCUT2D eigenvalue weighted by Gasteiger charge is -2.10. The molecule has 3 aromatic carbocycles. The molecule has 0 saturated heterocycles. The normalized spacial score (nSPS) is 11.3. The molecule has 0 fully saturated rings. The minimum Gasteiger partial charge on any atom is -0.497 e. The zero-order valence-electron chi connectivity index (χ0n) is 17.4. The van der Waals surface area contributed by atoms with Gasteiger partial charge in [-0.1, -0.05) is 30.3 Å². The number of nitrogens with zero attached hydrogens (tertiary/aromatic N) is 3. The number of nitriles is 1. The summed E-state index contributed by atoms with van der Waals surface area (Å²) in [6.45, 7) is 0. The van der Waals surface area contributed by atoms with Crippen molar-refractivity contribution >= 4 is 23.3 Å². The van der Waals surface area contributed by atoms with E-state index >= 15 is 4.39 Å². The summed E-state index contributed by atoms with van der Waals surface area (Å²) in [5.41, 5.74) is 0.171. The Hall–Kier alpha value is -4.77. The molecule has 0 aliphatic carbocycles. The molecule has 1 N–H and O–H groups in total. The van der Waals surface area contributed by atoms with Crippen LogP contribution in [0, 0.1) is 17.1 Å². The molecular formula is C25H17FN4O3. The van der Waals surface area contributed by atoms with E-state index < -0.39 is 17.1 Å². The Bertz CT molecular complexity index is 1560. The zero-order chi connectivity index (χ0) is 23.4. The first-order chi connectivity index (χ1) is 16.0. The topological polar surface area (TPSA) is 100 Å². The van der Waals surface area contributed by atoms with Gasteiger partial charge in [0.25, 0.3) is 5.56 Å². The van der Waals surface area contributed by atoms with Gasteiger partial charge in [0.05, 0.1) is 29.6 Å². The van der Waals surface area contributed by atoms with E-state index in [0.29, 0.717) is 5.75 Å². The van der Waals surface area contributed by atoms with Crippen molar-refractivity contribution in [1.29, 1.82) is 5.26 Å². The maximum absolute atomic E-state index is 15.0. The number of aromatic amines is 1. The van der Waals surface area contributed by atoms with Crippen LogP contribution in [0.25, 0.3) is 28.2 Å². The summed E-state index contributed by atoms with van der Waals surface area (Å²) in [5.74, 6) is -0.275. The second-order valence-corrected chi connectivity index (χ2v) is 6.99. The maximum Gasteiger partial charge on any atom is 0.333 e. The highest BCUT2D eigenvalue weighted by Crippen LogP contribution is 2.31. The fourth-order valence-corrected chi connectivity index (χ4v) is 3.34. The number of H-pyrrole nitrogens is 1. The number of rotatable bonds is 5. The lowest BCUT2D eigenvalue weighted by atomic mass is 9.98. The van der Waals surface area contributed by atoms with Crippen molar-refractivity contribution in [2.75, 3.05) is 7.11 Å². The molecule has 0 spiro atoms. The van der Waals surface area contributed by atoms with Gasteiger partial charge < -0.3 is 9.72 Å². The molecule has 1 aromatic heterocycles. The van der Waals surface area contributed by atoms with Gasteiger partial charge in [0.1, 0.15) is 11.6 Å². The summed E-state index contributed by atoms with van der Waals surface area (Å²) in [6.07, 6.45) is 4.08. The molecule has 1 heterocycles. The third kappa shape index (κ3) is 4.34. The van der Waals surface area contributed by atoms with Gasteiger partial charge >= 0.3 is 5.69 Å².